The Bertz CT molecular complexity index is 693. The van der Waals surface area contributed by atoms with Crippen LogP contribution in [0, 0.1) is 5.92 Å². The summed E-state index contributed by atoms with van der Waals surface area (Å²) in [7, 11) is 0. The maximum Gasteiger partial charge on any atom is 0.326 e. The number of carbonyl (C=O) groups excluding carboxylic acids is 4. The first kappa shape index (κ1) is 31.6. The van der Waals surface area contributed by atoms with E-state index in [0.29, 0.717) is 38.0 Å². The van der Waals surface area contributed by atoms with Crippen molar-refractivity contribution < 1.29 is 29.1 Å². The van der Waals surface area contributed by atoms with Gasteiger partial charge in [0.15, 0.2) is 0 Å². The van der Waals surface area contributed by atoms with Gasteiger partial charge < -0.3 is 38.3 Å². The van der Waals surface area contributed by atoms with Crippen LogP contribution in [0.1, 0.15) is 52.4 Å². The highest BCUT2D eigenvalue weighted by molar-refractivity contribution is 7.98. The number of carbonyl (C=O) groups is 5. The van der Waals surface area contributed by atoms with E-state index in [0.717, 1.165) is 0 Å². The van der Waals surface area contributed by atoms with Gasteiger partial charge in [-0.05, 0) is 56.6 Å². The summed E-state index contributed by atoms with van der Waals surface area (Å²) < 4.78 is 0. The molecule has 34 heavy (non-hydrogen) atoms. The van der Waals surface area contributed by atoms with Gasteiger partial charge in [-0.15, -0.1) is 0 Å². The molecule has 196 valence electrons. The molecule has 13 heteroatoms. The van der Waals surface area contributed by atoms with E-state index >= 15 is 0 Å². The minimum absolute atomic E-state index is 0.187. The molecule has 0 aliphatic heterocycles. The van der Waals surface area contributed by atoms with Crippen molar-refractivity contribution in [2.45, 2.75) is 76.5 Å². The molecule has 0 aliphatic rings. The number of thioether (sulfide) groups is 1. The van der Waals surface area contributed by atoms with E-state index in [-0.39, 0.29) is 12.3 Å². The summed E-state index contributed by atoms with van der Waals surface area (Å²) in [5.74, 6) is -3.46. The Hall–Kier alpha value is -2.38. The SMILES string of the molecule is CSCCC(NC(=O)C(CCCCN)NC(=O)C(N)CC(C)C)C(=O)NC(CC(N)=O)C(=O)O. The molecule has 0 rings (SSSR count). The number of carboxylic acid groups (broad SMARTS) is 1. The Morgan fingerprint density at radius 2 is 1.41 bits per heavy atom. The lowest BCUT2D eigenvalue weighted by Gasteiger charge is -2.25. The van der Waals surface area contributed by atoms with Gasteiger partial charge in [0.25, 0.3) is 0 Å². The van der Waals surface area contributed by atoms with Crippen LogP contribution in [0.25, 0.3) is 0 Å². The van der Waals surface area contributed by atoms with Gasteiger partial charge in [0.1, 0.15) is 18.1 Å². The Labute approximate surface area is 204 Å². The van der Waals surface area contributed by atoms with Crippen LogP contribution >= 0.6 is 11.8 Å². The van der Waals surface area contributed by atoms with Crippen LogP contribution in [-0.4, -0.2) is 77.4 Å². The molecule has 0 aliphatic carbocycles. The van der Waals surface area contributed by atoms with Crippen molar-refractivity contribution in [3.63, 3.8) is 0 Å². The monoisotopic (exact) mass is 504 g/mol. The average molecular weight is 505 g/mol. The van der Waals surface area contributed by atoms with Gasteiger partial charge >= 0.3 is 5.97 Å². The van der Waals surface area contributed by atoms with Crippen LogP contribution in [0.4, 0.5) is 0 Å². The quantitative estimate of drug-likeness (QED) is 0.110. The predicted octanol–water partition coefficient (Wildman–Crippen LogP) is -1.34. The fraction of sp³-hybridized carbons (Fsp3) is 0.762. The van der Waals surface area contributed by atoms with Crippen molar-refractivity contribution in [1.29, 1.82) is 0 Å². The minimum atomic E-state index is -1.52. The van der Waals surface area contributed by atoms with Crippen molar-refractivity contribution in [1.82, 2.24) is 16.0 Å². The zero-order valence-corrected chi connectivity index (χ0v) is 21.0. The molecule has 0 aromatic carbocycles. The molecule has 12 nitrogen and oxygen atoms in total. The largest absolute Gasteiger partial charge is 0.480 e. The molecule has 0 spiro atoms. The van der Waals surface area contributed by atoms with Crippen LogP contribution in [0.5, 0.6) is 0 Å². The molecule has 0 bridgehead atoms. The second kappa shape index (κ2) is 17.1. The van der Waals surface area contributed by atoms with Crippen LogP contribution in [-0.2, 0) is 24.0 Å². The third kappa shape index (κ3) is 13.4. The number of hydrogen-bond donors (Lipinski definition) is 7. The molecule has 0 saturated heterocycles. The number of nitrogens with two attached hydrogens (primary N) is 3. The zero-order chi connectivity index (χ0) is 26.3. The van der Waals surface area contributed by atoms with E-state index in [2.05, 4.69) is 16.0 Å². The number of nitrogens with one attached hydrogen (secondary N) is 3. The van der Waals surface area contributed by atoms with E-state index in [9.17, 15) is 29.1 Å². The summed E-state index contributed by atoms with van der Waals surface area (Å²) in [4.78, 5) is 60.8. The molecule has 4 amide bonds. The molecule has 4 atom stereocenters. The minimum Gasteiger partial charge on any atom is -0.480 e. The third-order valence-corrected chi connectivity index (χ3v) is 5.55. The second-order valence-corrected chi connectivity index (χ2v) is 9.48. The summed E-state index contributed by atoms with van der Waals surface area (Å²) >= 11 is 1.43. The van der Waals surface area contributed by atoms with Crippen LogP contribution in [0.2, 0.25) is 0 Å². The molecule has 4 unspecified atom stereocenters. The zero-order valence-electron chi connectivity index (χ0n) is 20.2. The standard InChI is InChI=1S/C21H40N6O6S/c1-12(2)10-13(23)18(29)25-14(6-4-5-8-22)19(30)26-15(7-9-34-3)20(31)27-16(21(32)33)11-17(24)28/h12-16H,4-11,22-23H2,1-3H3,(H2,24,28)(H,25,29)(H,26,30)(H,27,31)(H,32,33). The second-order valence-electron chi connectivity index (χ2n) is 8.49. The maximum atomic E-state index is 13.0. The normalized spacial score (nSPS) is 14.5. The number of unbranched alkanes of at least 4 members (excludes halogenated alkanes) is 1. The Morgan fingerprint density at radius 3 is 1.88 bits per heavy atom. The van der Waals surface area contributed by atoms with Gasteiger partial charge in [0.2, 0.25) is 23.6 Å². The van der Waals surface area contributed by atoms with E-state index in [1.807, 2.05) is 20.1 Å². The Kier molecular flexibility index (Phi) is 15.9. The lowest BCUT2D eigenvalue weighted by molar-refractivity contribution is -0.143. The maximum absolute atomic E-state index is 13.0. The Balaban J connectivity index is 5.47. The van der Waals surface area contributed by atoms with Crippen molar-refractivity contribution in [2.24, 2.45) is 23.1 Å². The lowest BCUT2D eigenvalue weighted by atomic mass is 10.0. The molecule has 10 N–H and O–H groups in total. The molecule has 0 aromatic heterocycles. The highest BCUT2D eigenvalue weighted by Crippen LogP contribution is 2.08. The first-order valence-electron chi connectivity index (χ1n) is 11.3. The lowest BCUT2D eigenvalue weighted by Crippen LogP contribution is -2.57. The van der Waals surface area contributed by atoms with Crippen molar-refractivity contribution in [3.05, 3.63) is 0 Å². The molecule has 0 heterocycles. The number of aliphatic carboxylic acids is 1. The number of carboxylic acids is 1. The molecule has 0 radical (unpaired) electrons. The topological polar surface area (TPSA) is 220 Å². The van der Waals surface area contributed by atoms with Crippen LogP contribution in [0.3, 0.4) is 0 Å². The van der Waals surface area contributed by atoms with Crippen molar-refractivity contribution >= 4 is 41.4 Å². The van der Waals surface area contributed by atoms with Crippen molar-refractivity contribution in [3.8, 4) is 0 Å². The van der Waals surface area contributed by atoms with Crippen LogP contribution in [0.15, 0.2) is 0 Å². The van der Waals surface area contributed by atoms with Gasteiger partial charge in [-0.2, -0.15) is 11.8 Å². The molecule has 0 fully saturated rings. The average Bonchev–Trinajstić information content (AvgIpc) is 2.74. The molecule has 0 saturated carbocycles. The summed E-state index contributed by atoms with van der Waals surface area (Å²) in [5.41, 5.74) is 16.5. The fourth-order valence-electron chi connectivity index (χ4n) is 3.11. The highest BCUT2D eigenvalue weighted by Gasteiger charge is 2.30. The first-order valence-corrected chi connectivity index (χ1v) is 12.7. The fourth-order valence-corrected chi connectivity index (χ4v) is 3.58. The Morgan fingerprint density at radius 1 is 0.882 bits per heavy atom. The molecular weight excluding hydrogens is 464 g/mol. The predicted molar refractivity (Wildman–Crippen MR) is 131 cm³/mol. The van der Waals surface area contributed by atoms with Gasteiger partial charge in [-0.25, -0.2) is 4.79 Å². The van der Waals surface area contributed by atoms with Gasteiger partial charge in [-0.1, -0.05) is 13.8 Å². The summed E-state index contributed by atoms with van der Waals surface area (Å²) in [6, 6.07) is -4.33. The van der Waals surface area contributed by atoms with E-state index in [1.54, 1.807) is 0 Å². The summed E-state index contributed by atoms with van der Waals surface area (Å²) in [6.45, 7) is 4.27. The first-order chi connectivity index (χ1) is 15.9. The van der Waals surface area contributed by atoms with E-state index in [4.69, 9.17) is 17.2 Å². The number of primary amides is 1. The van der Waals surface area contributed by atoms with Gasteiger partial charge in [-0.3, -0.25) is 19.2 Å². The number of hydrogen-bond acceptors (Lipinski definition) is 8. The molecular formula is C21H40N6O6S. The smallest absolute Gasteiger partial charge is 0.326 e. The van der Waals surface area contributed by atoms with Crippen LogP contribution < -0.4 is 33.2 Å². The summed E-state index contributed by atoms with van der Waals surface area (Å²) in [6.07, 6.45) is 3.37. The third-order valence-electron chi connectivity index (χ3n) is 4.91. The van der Waals surface area contributed by atoms with E-state index < -0.39 is 60.2 Å². The number of rotatable bonds is 18. The highest BCUT2D eigenvalue weighted by atomic mass is 32.2. The molecule has 0 aromatic rings. The number of amides is 4. The van der Waals surface area contributed by atoms with Gasteiger partial charge in [0.05, 0.1) is 12.5 Å². The van der Waals surface area contributed by atoms with Gasteiger partial charge in [0, 0.05) is 0 Å². The van der Waals surface area contributed by atoms with Crippen molar-refractivity contribution in [2.75, 3.05) is 18.6 Å². The summed E-state index contributed by atoms with van der Waals surface area (Å²) in [5, 5.41) is 16.8. The van der Waals surface area contributed by atoms with E-state index in [1.165, 1.54) is 11.8 Å².